The molecule has 2 heterocycles. The van der Waals surface area contributed by atoms with E-state index in [0.29, 0.717) is 12.0 Å². The Morgan fingerprint density at radius 3 is 2.95 bits per heavy atom. The molecule has 1 fully saturated rings. The van der Waals surface area contributed by atoms with Crippen LogP contribution in [-0.2, 0) is 4.74 Å². The molecule has 0 aliphatic carbocycles. The minimum atomic E-state index is -0.0542. The van der Waals surface area contributed by atoms with Gasteiger partial charge in [0.05, 0.1) is 5.60 Å². The molecule has 1 unspecified atom stereocenters. The van der Waals surface area contributed by atoms with Crippen molar-refractivity contribution in [3.05, 3.63) is 11.8 Å². The van der Waals surface area contributed by atoms with Gasteiger partial charge in [0, 0.05) is 31.0 Å². The molecule has 0 spiro atoms. The number of aryl methyl sites for hydroxylation is 1. The lowest BCUT2D eigenvalue weighted by Crippen LogP contribution is -2.40. The summed E-state index contributed by atoms with van der Waals surface area (Å²) < 4.78 is 5.74. The lowest BCUT2D eigenvalue weighted by Gasteiger charge is -2.36. The third-order valence-electron chi connectivity index (χ3n) is 3.34. The molecule has 1 aromatic heterocycles. The fourth-order valence-corrected chi connectivity index (χ4v) is 2.38. The Bertz CT molecular complexity index is 433. The van der Waals surface area contributed by atoms with Crippen LogP contribution in [0.15, 0.2) is 6.20 Å². The molecule has 0 saturated carbocycles. The normalized spacial score (nSPS) is 22.0. The molecule has 0 aromatic carbocycles. The summed E-state index contributed by atoms with van der Waals surface area (Å²) in [5.41, 5.74) is 1.02. The van der Waals surface area contributed by atoms with Gasteiger partial charge in [0.2, 0.25) is 5.95 Å². The van der Waals surface area contributed by atoms with E-state index in [1.54, 1.807) is 0 Å². The molecule has 5 nitrogen and oxygen atoms in total. The largest absolute Gasteiger partial charge is 0.375 e. The molecule has 19 heavy (non-hydrogen) atoms. The Morgan fingerprint density at radius 2 is 2.26 bits per heavy atom. The second kappa shape index (κ2) is 5.74. The number of aromatic nitrogens is 2. The number of hydrogen-bond donors (Lipinski definition) is 2. The predicted molar refractivity (Wildman–Crippen MR) is 77.6 cm³/mol. The van der Waals surface area contributed by atoms with Crippen molar-refractivity contribution < 1.29 is 4.74 Å². The summed E-state index contributed by atoms with van der Waals surface area (Å²) in [4.78, 5) is 8.79. The van der Waals surface area contributed by atoms with Crippen LogP contribution in [0.4, 0.5) is 11.8 Å². The van der Waals surface area contributed by atoms with E-state index >= 15 is 0 Å². The van der Waals surface area contributed by atoms with E-state index in [9.17, 15) is 0 Å². The monoisotopic (exact) mass is 264 g/mol. The van der Waals surface area contributed by atoms with Crippen molar-refractivity contribution in [3.8, 4) is 0 Å². The van der Waals surface area contributed by atoms with Crippen LogP contribution < -0.4 is 10.6 Å². The maximum absolute atomic E-state index is 5.74. The third-order valence-corrected chi connectivity index (χ3v) is 3.34. The minimum absolute atomic E-state index is 0.0542. The smallest absolute Gasteiger partial charge is 0.224 e. The number of hydrogen-bond acceptors (Lipinski definition) is 5. The van der Waals surface area contributed by atoms with Crippen LogP contribution >= 0.6 is 0 Å². The zero-order valence-electron chi connectivity index (χ0n) is 12.3. The highest BCUT2D eigenvalue weighted by Crippen LogP contribution is 2.26. The van der Waals surface area contributed by atoms with Crippen molar-refractivity contribution in [2.75, 3.05) is 23.8 Å². The summed E-state index contributed by atoms with van der Waals surface area (Å²) in [7, 11) is 0. The molecule has 106 valence electrons. The highest BCUT2D eigenvalue weighted by molar-refractivity contribution is 5.47. The van der Waals surface area contributed by atoms with Crippen molar-refractivity contribution in [2.45, 2.75) is 52.2 Å². The molecule has 0 amide bonds. The van der Waals surface area contributed by atoms with E-state index in [0.717, 1.165) is 37.4 Å². The number of anilines is 2. The Kier molecular flexibility index (Phi) is 4.24. The predicted octanol–water partition coefficient (Wildman–Crippen LogP) is 2.59. The van der Waals surface area contributed by atoms with E-state index in [1.807, 2.05) is 20.0 Å². The van der Waals surface area contributed by atoms with Crippen molar-refractivity contribution in [2.24, 2.45) is 0 Å². The lowest BCUT2D eigenvalue weighted by molar-refractivity contribution is -0.0553. The van der Waals surface area contributed by atoms with E-state index in [2.05, 4.69) is 34.4 Å². The Balaban J connectivity index is 2.07. The Morgan fingerprint density at radius 1 is 1.47 bits per heavy atom. The quantitative estimate of drug-likeness (QED) is 0.875. The first-order valence-corrected chi connectivity index (χ1v) is 6.98. The fraction of sp³-hybridized carbons (Fsp3) is 0.714. The first kappa shape index (κ1) is 14.1. The molecular formula is C14H24N4O. The summed E-state index contributed by atoms with van der Waals surface area (Å²) in [5.74, 6) is 1.61. The second-order valence-corrected chi connectivity index (χ2v) is 5.70. The maximum atomic E-state index is 5.74. The van der Waals surface area contributed by atoms with Crippen molar-refractivity contribution in [3.63, 3.8) is 0 Å². The molecule has 0 bridgehead atoms. The standard InChI is InChI=1S/C14H24N4O/c1-5-15-13-16-9-10(2)12(18-13)17-11-6-7-19-14(3,4)8-11/h9,11H,5-8H2,1-4H3,(H2,15,16,17,18). The molecule has 2 N–H and O–H groups in total. The van der Waals surface area contributed by atoms with Gasteiger partial charge in [-0.15, -0.1) is 0 Å². The van der Waals surface area contributed by atoms with E-state index < -0.39 is 0 Å². The first-order chi connectivity index (χ1) is 9.00. The van der Waals surface area contributed by atoms with Crippen LogP contribution in [0, 0.1) is 6.92 Å². The molecule has 1 atom stereocenters. The second-order valence-electron chi connectivity index (χ2n) is 5.70. The van der Waals surface area contributed by atoms with Crippen molar-refractivity contribution >= 4 is 11.8 Å². The SMILES string of the molecule is CCNc1ncc(C)c(NC2CCOC(C)(C)C2)n1. The van der Waals surface area contributed by atoms with Gasteiger partial charge in [-0.25, -0.2) is 4.98 Å². The van der Waals surface area contributed by atoms with Crippen molar-refractivity contribution in [1.82, 2.24) is 9.97 Å². The van der Waals surface area contributed by atoms with E-state index in [4.69, 9.17) is 4.74 Å². The van der Waals surface area contributed by atoms with Crippen LogP contribution in [0.1, 0.15) is 39.2 Å². The summed E-state index contributed by atoms with van der Waals surface area (Å²) in [6.45, 7) is 9.97. The van der Waals surface area contributed by atoms with Gasteiger partial charge in [-0.1, -0.05) is 0 Å². The van der Waals surface area contributed by atoms with Crippen LogP contribution in [0.25, 0.3) is 0 Å². The van der Waals surface area contributed by atoms with Gasteiger partial charge in [0.15, 0.2) is 0 Å². The van der Waals surface area contributed by atoms with Gasteiger partial charge >= 0.3 is 0 Å². The molecule has 2 rings (SSSR count). The summed E-state index contributed by atoms with van der Waals surface area (Å²) >= 11 is 0. The van der Waals surface area contributed by atoms with Gasteiger partial charge in [-0.3, -0.25) is 0 Å². The maximum Gasteiger partial charge on any atom is 0.224 e. The lowest BCUT2D eigenvalue weighted by atomic mass is 9.94. The van der Waals surface area contributed by atoms with Gasteiger partial charge in [-0.2, -0.15) is 4.98 Å². The van der Waals surface area contributed by atoms with Crippen LogP contribution in [0.2, 0.25) is 0 Å². The molecule has 1 aliphatic rings. The number of ether oxygens (including phenoxy) is 1. The summed E-state index contributed by atoms with van der Waals surface area (Å²) in [6.07, 6.45) is 3.87. The van der Waals surface area contributed by atoms with E-state index in [1.165, 1.54) is 0 Å². The molecule has 1 aliphatic heterocycles. The van der Waals surface area contributed by atoms with E-state index in [-0.39, 0.29) is 5.60 Å². The van der Waals surface area contributed by atoms with Gasteiger partial charge in [-0.05, 0) is 40.5 Å². The zero-order valence-corrected chi connectivity index (χ0v) is 12.3. The molecular weight excluding hydrogens is 240 g/mol. The van der Waals surface area contributed by atoms with Gasteiger partial charge < -0.3 is 15.4 Å². The Hall–Kier alpha value is -1.36. The fourth-order valence-electron chi connectivity index (χ4n) is 2.38. The first-order valence-electron chi connectivity index (χ1n) is 6.98. The van der Waals surface area contributed by atoms with Crippen molar-refractivity contribution in [1.29, 1.82) is 0 Å². The average molecular weight is 264 g/mol. The number of nitrogens with zero attached hydrogens (tertiary/aromatic N) is 2. The number of nitrogens with one attached hydrogen (secondary N) is 2. The van der Waals surface area contributed by atoms with Crippen LogP contribution in [0.3, 0.4) is 0 Å². The molecule has 1 saturated heterocycles. The summed E-state index contributed by atoms with van der Waals surface area (Å²) in [5, 5.41) is 6.67. The third kappa shape index (κ3) is 3.80. The van der Waals surface area contributed by atoms with Gasteiger partial charge in [0.1, 0.15) is 5.82 Å². The van der Waals surface area contributed by atoms with Crippen LogP contribution in [-0.4, -0.2) is 34.8 Å². The highest BCUT2D eigenvalue weighted by Gasteiger charge is 2.29. The Labute approximate surface area is 115 Å². The molecule has 1 aromatic rings. The number of rotatable bonds is 4. The highest BCUT2D eigenvalue weighted by atomic mass is 16.5. The summed E-state index contributed by atoms with van der Waals surface area (Å²) in [6, 6.07) is 0.409. The molecule has 5 heteroatoms. The van der Waals surface area contributed by atoms with Crippen LogP contribution in [0.5, 0.6) is 0 Å². The zero-order chi connectivity index (χ0) is 13.9. The average Bonchev–Trinajstić information content (AvgIpc) is 2.32. The molecule has 0 radical (unpaired) electrons. The van der Waals surface area contributed by atoms with Gasteiger partial charge in [0.25, 0.3) is 0 Å². The minimum Gasteiger partial charge on any atom is -0.375 e. The topological polar surface area (TPSA) is 59.1 Å².